The van der Waals surface area contributed by atoms with Crippen molar-refractivity contribution in [2.75, 3.05) is 5.73 Å². The number of anilines is 1. The Labute approximate surface area is 94.7 Å². The molecule has 0 bridgehead atoms. The summed E-state index contributed by atoms with van der Waals surface area (Å²) in [5.74, 6) is 3.97. The molecule has 2 aromatic carbocycles. The molecule has 2 nitrogen and oxygen atoms in total. The summed E-state index contributed by atoms with van der Waals surface area (Å²) in [6.45, 7) is 0. The topological polar surface area (TPSA) is 35.2 Å². The molecule has 0 fully saturated rings. The van der Waals surface area contributed by atoms with E-state index in [4.69, 9.17) is 16.9 Å². The van der Waals surface area contributed by atoms with Crippen molar-refractivity contribution in [2.24, 2.45) is 0 Å². The van der Waals surface area contributed by atoms with E-state index in [0.29, 0.717) is 17.2 Å². The van der Waals surface area contributed by atoms with Gasteiger partial charge >= 0.3 is 0 Å². The maximum absolute atomic E-state index is 5.66. The maximum Gasteiger partial charge on any atom is 0.129 e. The van der Waals surface area contributed by atoms with Crippen molar-refractivity contribution in [1.82, 2.24) is 0 Å². The van der Waals surface area contributed by atoms with Crippen molar-refractivity contribution in [3.05, 3.63) is 54.1 Å². The molecule has 0 aliphatic heterocycles. The SMILES string of the molecule is C#Cc1cccc(Oc2cccc(N)c2)c1. The summed E-state index contributed by atoms with van der Waals surface area (Å²) in [6.07, 6.45) is 5.31. The fourth-order valence-corrected chi connectivity index (χ4v) is 1.36. The third-order valence-corrected chi connectivity index (χ3v) is 2.09. The van der Waals surface area contributed by atoms with Crippen LogP contribution in [0.4, 0.5) is 5.69 Å². The molecule has 0 aliphatic carbocycles. The Balaban J connectivity index is 2.24. The minimum atomic E-state index is 0.672. The van der Waals surface area contributed by atoms with Crippen LogP contribution in [0.5, 0.6) is 11.5 Å². The third-order valence-electron chi connectivity index (χ3n) is 2.09. The van der Waals surface area contributed by atoms with Gasteiger partial charge in [0.05, 0.1) is 0 Å². The molecule has 0 unspecified atom stereocenters. The highest BCUT2D eigenvalue weighted by molar-refractivity contribution is 5.46. The third kappa shape index (κ3) is 2.34. The molecule has 0 heterocycles. The van der Waals surface area contributed by atoms with Crippen LogP contribution in [-0.2, 0) is 0 Å². The lowest BCUT2D eigenvalue weighted by Crippen LogP contribution is -1.88. The van der Waals surface area contributed by atoms with Crippen molar-refractivity contribution in [2.45, 2.75) is 0 Å². The van der Waals surface area contributed by atoms with Gasteiger partial charge in [0, 0.05) is 17.3 Å². The number of benzene rings is 2. The summed E-state index contributed by atoms with van der Waals surface area (Å²) in [4.78, 5) is 0. The Morgan fingerprint density at radius 1 is 1.00 bits per heavy atom. The molecule has 0 amide bonds. The molecule has 2 heteroatoms. The number of rotatable bonds is 2. The Hall–Kier alpha value is -2.40. The Morgan fingerprint density at radius 2 is 1.69 bits per heavy atom. The smallest absolute Gasteiger partial charge is 0.129 e. The molecule has 0 aliphatic rings. The fourth-order valence-electron chi connectivity index (χ4n) is 1.36. The highest BCUT2D eigenvalue weighted by Crippen LogP contribution is 2.23. The highest BCUT2D eigenvalue weighted by atomic mass is 16.5. The average Bonchev–Trinajstić information content (AvgIpc) is 2.29. The first kappa shape index (κ1) is 10.1. The van der Waals surface area contributed by atoms with Gasteiger partial charge in [-0.1, -0.05) is 18.1 Å². The molecule has 0 aromatic heterocycles. The van der Waals surface area contributed by atoms with Crippen LogP contribution < -0.4 is 10.5 Å². The first-order valence-electron chi connectivity index (χ1n) is 4.88. The Kier molecular flexibility index (Phi) is 2.79. The van der Waals surface area contributed by atoms with Crippen LogP contribution in [0.2, 0.25) is 0 Å². The number of nitrogens with two attached hydrogens (primary N) is 1. The van der Waals surface area contributed by atoms with E-state index in [1.54, 1.807) is 6.07 Å². The average molecular weight is 209 g/mol. The van der Waals surface area contributed by atoms with Crippen molar-refractivity contribution in [1.29, 1.82) is 0 Å². The van der Waals surface area contributed by atoms with Crippen molar-refractivity contribution in [3.63, 3.8) is 0 Å². The van der Waals surface area contributed by atoms with Crippen molar-refractivity contribution >= 4 is 5.69 Å². The molecule has 0 saturated carbocycles. The first-order valence-corrected chi connectivity index (χ1v) is 4.88. The van der Waals surface area contributed by atoms with E-state index in [2.05, 4.69) is 5.92 Å². The Morgan fingerprint density at radius 3 is 2.38 bits per heavy atom. The van der Waals surface area contributed by atoms with Gasteiger partial charge in [-0.05, 0) is 30.3 Å². The predicted octanol–water partition coefficient (Wildman–Crippen LogP) is 3.04. The molecule has 78 valence electrons. The lowest BCUT2D eigenvalue weighted by Gasteiger charge is -2.06. The molecule has 0 saturated heterocycles. The van der Waals surface area contributed by atoms with E-state index in [-0.39, 0.29) is 0 Å². The van der Waals surface area contributed by atoms with Gasteiger partial charge in [0.1, 0.15) is 11.5 Å². The van der Waals surface area contributed by atoms with Gasteiger partial charge in [-0.3, -0.25) is 0 Å². The lowest BCUT2D eigenvalue weighted by molar-refractivity contribution is 0.483. The summed E-state index contributed by atoms with van der Waals surface area (Å²) < 4.78 is 5.63. The second kappa shape index (κ2) is 4.41. The zero-order chi connectivity index (χ0) is 11.4. The summed E-state index contributed by atoms with van der Waals surface area (Å²) >= 11 is 0. The van der Waals surface area contributed by atoms with Crippen LogP contribution in [0.15, 0.2) is 48.5 Å². The molecule has 2 N–H and O–H groups in total. The maximum atomic E-state index is 5.66. The number of hydrogen-bond donors (Lipinski definition) is 1. The molecule has 16 heavy (non-hydrogen) atoms. The second-order valence-electron chi connectivity index (χ2n) is 3.35. The molecular formula is C14H11NO. The molecule has 2 rings (SSSR count). The second-order valence-corrected chi connectivity index (χ2v) is 3.35. The molecular weight excluding hydrogens is 198 g/mol. The predicted molar refractivity (Wildman–Crippen MR) is 65.3 cm³/mol. The van der Waals surface area contributed by atoms with E-state index in [1.807, 2.05) is 42.5 Å². The normalized spacial score (nSPS) is 9.44. The number of hydrogen-bond acceptors (Lipinski definition) is 2. The Bertz CT molecular complexity index is 540. The first-order chi connectivity index (χ1) is 7.78. The van der Waals surface area contributed by atoms with Gasteiger partial charge in [-0.2, -0.15) is 0 Å². The van der Waals surface area contributed by atoms with Gasteiger partial charge in [-0.15, -0.1) is 6.42 Å². The lowest BCUT2D eigenvalue weighted by atomic mass is 10.2. The van der Waals surface area contributed by atoms with Gasteiger partial charge in [0.2, 0.25) is 0 Å². The zero-order valence-corrected chi connectivity index (χ0v) is 8.68. The van der Waals surface area contributed by atoms with Crippen LogP contribution in [0.25, 0.3) is 0 Å². The van der Waals surface area contributed by atoms with Gasteiger partial charge in [0.25, 0.3) is 0 Å². The molecule has 0 atom stereocenters. The number of terminal acetylenes is 1. The molecule has 0 spiro atoms. The monoisotopic (exact) mass is 209 g/mol. The van der Waals surface area contributed by atoms with E-state index in [0.717, 1.165) is 5.56 Å². The van der Waals surface area contributed by atoms with Crippen LogP contribution >= 0.6 is 0 Å². The zero-order valence-electron chi connectivity index (χ0n) is 8.68. The summed E-state index contributed by atoms with van der Waals surface area (Å²) in [5.41, 5.74) is 7.12. The van der Waals surface area contributed by atoms with E-state index in [9.17, 15) is 0 Å². The summed E-state index contributed by atoms with van der Waals surface area (Å²) in [6, 6.07) is 14.6. The quantitative estimate of drug-likeness (QED) is 0.609. The van der Waals surface area contributed by atoms with Gasteiger partial charge < -0.3 is 10.5 Å². The minimum Gasteiger partial charge on any atom is -0.457 e. The van der Waals surface area contributed by atoms with E-state index in [1.165, 1.54) is 0 Å². The minimum absolute atomic E-state index is 0.672. The van der Waals surface area contributed by atoms with E-state index < -0.39 is 0 Å². The van der Waals surface area contributed by atoms with Crippen LogP contribution in [0, 0.1) is 12.3 Å². The highest BCUT2D eigenvalue weighted by Gasteiger charge is 1.98. The molecule has 0 radical (unpaired) electrons. The van der Waals surface area contributed by atoms with Crippen LogP contribution in [0.1, 0.15) is 5.56 Å². The number of nitrogen functional groups attached to an aromatic ring is 1. The van der Waals surface area contributed by atoms with Crippen LogP contribution in [-0.4, -0.2) is 0 Å². The summed E-state index contributed by atoms with van der Waals surface area (Å²) in [5, 5.41) is 0. The van der Waals surface area contributed by atoms with E-state index >= 15 is 0 Å². The molecule has 2 aromatic rings. The van der Waals surface area contributed by atoms with Gasteiger partial charge in [0.15, 0.2) is 0 Å². The largest absolute Gasteiger partial charge is 0.457 e. The summed E-state index contributed by atoms with van der Waals surface area (Å²) in [7, 11) is 0. The fraction of sp³-hybridized carbons (Fsp3) is 0. The number of ether oxygens (including phenoxy) is 1. The van der Waals surface area contributed by atoms with Gasteiger partial charge in [-0.25, -0.2) is 0 Å². The van der Waals surface area contributed by atoms with Crippen molar-refractivity contribution in [3.8, 4) is 23.8 Å². The van der Waals surface area contributed by atoms with Crippen LogP contribution in [0.3, 0.4) is 0 Å². The van der Waals surface area contributed by atoms with Crippen molar-refractivity contribution < 1.29 is 4.74 Å². The standard InChI is InChI=1S/C14H11NO/c1-2-11-5-3-7-13(9-11)16-14-8-4-6-12(15)10-14/h1,3-10H,15H2.